The second-order valence-electron chi connectivity index (χ2n) is 4.31. The van der Waals surface area contributed by atoms with Crippen molar-refractivity contribution in [3.8, 4) is 5.75 Å². The van der Waals surface area contributed by atoms with E-state index in [2.05, 4.69) is 8.92 Å². The standard InChI is InChI=1S/C12H10F3NO5S/c1-7-5-8-3-4-9(21-22(18,19)12(13,14)15)6-16(8)10(7)11(17)20-2/h3-6H,1-2H3. The van der Waals surface area contributed by atoms with E-state index in [1.54, 1.807) is 13.0 Å². The zero-order valence-corrected chi connectivity index (χ0v) is 12.2. The van der Waals surface area contributed by atoms with E-state index in [0.717, 1.165) is 19.4 Å². The topological polar surface area (TPSA) is 74.1 Å². The number of pyridine rings is 1. The summed E-state index contributed by atoms with van der Waals surface area (Å²) in [6, 6.07) is 3.97. The molecule has 0 aliphatic heterocycles. The molecule has 0 aliphatic carbocycles. The largest absolute Gasteiger partial charge is 0.534 e. The van der Waals surface area contributed by atoms with Crippen LogP contribution in [0, 0.1) is 6.92 Å². The first-order chi connectivity index (χ1) is 10.1. The molecule has 0 aliphatic rings. The van der Waals surface area contributed by atoms with Gasteiger partial charge in [-0.15, -0.1) is 0 Å². The molecule has 0 radical (unpaired) electrons. The van der Waals surface area contributed by atoms with E-state index in [0.29, 0.717) is 11.1 Å². The third kappa shape index (κ3) is 2.73. The summed E-state index contributed by atoms with van der Waals surface area (Å²) in [5.41, 5.74) is -4.50. The smallest absolute Gasteiger partial charge is 0.464 e. The molecule has 0 saturated heterocycles. The number of rotatable bonds is 3. The second-order valence-corrected chi connectivity index (χ2v) is 5.85. The van der Waals surface area contributed by atoms with Crippen molar-refractivity contribution in [1.29, 1.82) is 0 Å². The van der Waals surface area contributed by atoms with Crippen LogP contribution in [0.1, 0.15) is 16.1 Å². The van der Waals surface area contributed by atoms with Crippen LogP contribution in [0.15, 0.2) is 24.4 Å². The van der Waals surface area contributed by atoms with Gasteiger partial charge in [-0.25, -0.2) is 4.79 Å². The molecular formula is C12H10F3NO5S. The van der Waals surface area contributed by atoms with E-state index in [9.17, 15) is 26.4 Å². The molecule has 22 heavy (non-hydrogen) atoms. The molecule has 0 aromatic carbocycles. The number of fused-ring (bicyclic) bond motifs is 1. The fourth-order valence-electron chi connectivity index (χ4n) is 1.86. The maximum absolute atomic E-state index is 12.3. The van der Waals surface area contributed by atoms with Crippen LogP contribution in [0.3, 0.4) is 0 Å². The highest BCUT2D eigenvalue weighted by Gasteiger charge is 2.48. The summed E-state index contributed by atoms with van der Waals surface area (Å²) in [4.78, 5) is 11.7. The maximum atomic E-state index is 12.3. The van der Waals surface area contributed by atoms with E-state index >= 15 is 0 Å². The van der Waals surface area contributed by atoms with Crippen LogP contribution in [-0.2, 0) is 14.9 Å². The molecule has 2 aromatic rings. The van der Waals surface area contributed by atoms with Gasteiger partial charge in [-0.1, -0.05) is 0 Å². The fourth-order valence-corrected chi connectivity index (χ4v) is 2.31. The Morgan fingerprint density at radius 1 is 1.27 bits per heavy atom. The summed E-state index contributed by atoms with van der Waals surface area (Å²) in [6.45, 7) is 1.60. The number of halogens is 3. The molecule has 0 spiro atoms. The quantitative estimate of drug-likeness (QED) is 0.488. The number of esters is 1. The zero-order valence-electron chi connectivity index (χ0n) is 11.3. The fraction of sp³-hybridized carbons (Fsp3) is 0.250. The molecule has 2 heterocycles. The number of methoxy groups -OCH3 is 1. The molecular weight excluding hydrogens is 327 g/mol. The Hall–Kier alpha value is -2.23. The molecule has 0 unspecified atom stereocenters. The first-order valence-corrected chi connectivity index (χ1v) is 7.18. The first-order valence-electron chi connectivity index (χ1n) is 5.77. The first kappa shape index (κ1) is 16.1. The minimum Gasteiger partial charge on any atom is -0.464 e. The van der Waals surface area contributed by atoms with Gasteiger partial charge >= 0.3 is 21.6 Å². The molecule has 0 bridgehead atoms. The van der Waals surface area contributed by atoms with Crippen LogP contribution < -0.4 is 4.18 Å². The van der Waals surface area contributed by atoms with E-state index in [1.165, 1.54) is 10.5 Å². The predicted octanol–water partition coefficient (Wildman–Crippen LogP) is 2.26. The summed E-state index contributed by atoms with van der Waals surface area (Å²) >= 11 is 0. The summed E-state index contributed by atoms with van der Waals surface area (Å²) in [7, 11) is -4.63. The molecule has 0 atom stereocenters. The SMILES string of the molecule is COC(=O)c1c(C)cc2ccc(OS(=O)(=O)C(F)(F)F)cn12. The van der Waals surface area contributed by atoms with Gasteiger partial charge in [-0.2, -0.15) is 21.6 Å². The average Bonchev–Trinajstić information content (AvgIpc) is 2.71. The lowest BCUT2D eigenvalue weighted by molar-refractivity contribution is -0.0500. The van der Waals surface area contributed by atoms with Crippen LogP contribution in [-0.4, -0.2) is 31.4 Å². The van der Waals surface area contributed by atoms with Crippen molar-refractivity contribution >= 4 is 21.6 Å². The van der Waals surface area contributed by atoms with Gasteiger partial charge in [0.25, 0.3) is 0 Å². The zero-order chi connectivity index (χ0) is 16.7. The number of carbonyl (C=O) groups is 1. The lowest BCUT2D eigenvalue weighted by Gasteiger charge is -2.10. The molecule has 2 rings (SSSR count). The Morgan fingerprint density at radius 2 is 1.91 bits per heavy atom. The third-order valence-electron chi connectivity index (χ3n) is 2.80. The summed E-state index contributed by atoms with van der Waals surface area (Å²) in [6.07, 6.45) is 0.970. The number of ether oxygens (including phenoxy) is 1. The maximum Gasteiger partial charge on any atom is 0.534 e. The number of alkyl halides is 3. The van der Waals surface area contributed by atoms with Crippen molar-refractivity contribution in [3.05, 3.63) is 35.7 Å². The van der Waals surface area contributed by atoms with Crippen LogP contribution in [0.4, 0.5) is 13.2 Å². The van der Waals surface area contributed by atoms with Gasteiger partial charge in [0.05, 0.1) is 13.3 Å². The van der Waals surface area contributed by atoms with Crippen LogP contribution >= 0.6 is 0 Å². The van der Waals surface area contributed by atoms with Crippen LogP contribution in [0.25, 0.3) is 5.52 Å². The van der Waals surface area contributed by atoms with Gasteiger partial charge in [-0.05, 0) is 30.7 Å². The molecule has 6 nitrogen and oxygen atoms in total. The molecule has 0 amide bonds. The van der Waals surface area contributed by atoms with Gasteiger partial charge in [0, 0.05) is 5.52 Å². The second kappa shape index (κ2) is 5.20. The Labute approximate surface area is 123 Å². The number of carbonyl (C=O) groups excluding carboxylic acids is 1. The average molecular weight is 337 g/mol. The summed E-state index contributed by atoms with van der Waals surface area (Å²) in [5.74, 6) is -1.29. The highest BCUT2D eigenvalue weighted by molar-refractivity contribution is 7.87. The Kier molecular flexibility index (Phi) is 3.81. The van der Waals surface area contributed by atoms with Gasteiger partial charge in [0.15, 0.2) is 5.75 Å². The van der Waals surface area contributed by atoms with Gasteiger partial charge in [0.2, 0.25) is 0 Å². The van der Waals surface area contributed by atoms with Crippen molar-refractivity contribution in [2.24, 2.45) is 0 Å². The van der Waals surface area contributed by atoms with Crippen molar-refractivity contribution in [1.82, 2.24) is 4.40 Å². The van der Waals surface area contributed by atoms with E-state index in [1.807, 2.05) is 0 Å². The summed E-state index contributed by atoms with van der Waals surface area (Å²) < 4.78 is 68.7. The van der Waals surface area contributed by atoms with Gasteiger partial charge < -0.3 is 13.3 Å². The molecule has 0 N–H and O–H groups in total. The van der Waals surface area contributed by atoms with Crippen LogP contribution in [0.2, 0.25) is 0 Å². The Morgan fingerprint density at radius 3 is 2.45 bits per heavy atom. The normalized spacial score (nSPS) is 12.4. The van der Waals surface area contributed by atoms with Crippen molar-refractivity contribution < 1.29 is 35.3 Å². The number of aryl methyl sites for hydroxylation is 1. The number of hydrogen-bond acceptors (Lipinski definition) is 5. The van der Waals surface area contributed by atoms with Crippen molar-refractivity contribution in [2.75, 3.05) is 7.11 Å². The highest BCUT2D eigenvalue weighted by atomic mass is 32.2. The molecule has 2 aromatic heterocycles. The van der Waals surface area contributed by atoms with E-state index < -0.39 is 27.3 Å². The number of nitrogens with zero attached hydrogens (tertiary/aromatic N) is 1. The van der Waals surface area contributed by atoms with Gasteiger partial charge in [-0.3, -0.25) is 0 Å². The molecule has 10 heteroatoms. The minimum absolute atomic E-state index is 0.0624. The number of aromatic nitrogens is 1. The summed E-state index contributed by atoms with van der Waals surface area (Å²) in [5, 5.41) is 0. The minimum atomic E-state index is -5.78. The third-order valence-corrected chi connectivity index (χ3v) is 3.78. The molecule has 0 saturated carbocycles. The van der Waals surface area contributed by atoms with E-state index in [-0.39, 0.29) is 5.69 Å². The number of hydrogen-bond donors (Lipinski definition) is 0. The van der Waals surface area contributed by atoms with Crippen LogP contribution in [0.5, 0.6) is 5.75 Å². The lowest BCUT2D eigenvalue weighted by atomic mass is 10.3. The Bertz CT molecular complexity index is 838. The predicted molar refractivity (Wildman–Crippen MR) is 69.1 cm³/mol. The Balaban J connectivity index is 2.53. The van der Waals surface area contributed by atoms with Crippen molar-refractivity contribution in [2.45, 2.75) is 12.4 Å². The lowest BCUT2D eigenvalue weighted by Crippen LogP contribution is -2.28. The monoisotopic (exact) mass is 337 g/mol. The van der Waals surface area contributed by atoms with Crippen molar-refractivity contribution in [3.63, 3.8) is 0 Å². The molecule has 0 fully saturated rings. The highest BCUT2D eigenvalue weighted by Crippen LogP contribution is 2.28. The van der Waals surface area contributed by atoms with Gasteiger partial charge in [0.1, 0.15) is 5.69 Å². The molecule has 120 valence electrons. The van der Waals surface area contributed by atoms with E-state index in [4.69, 9.17) is 0 Å².